The Morgan fingerprint density at radius 3 is 2.71 bits per heavy atom. The average molecular weight is 390 g/mol. The van der Waals surface area contributed by atoms with Gasteiger partial charge in [0.1, 0.15) is 6.10 Å². The first-order valence-corrected chi connectivity index (χ1v) is 10.2. The molecule has 0 N–H and O–H groups in total. The Balaban J connectivity index is 1.23. The third-order valence-electron chi connectivity index (χ3n) is 5.02. The summed E-state index contributed by atoms with van der Waals surface area (Å²) in [7, 11) is 0. The van der Waals surface area contributed by atoms with E-state index in [1.54, 1.807) is 23.0 Å². The second-order valence-corrected chi connectivity index (χ2v) is 7.73. The van der Waals surface area contributed by atoms with Crippen LogP contribution in [0.2, 0.25) is 0 Å². The number of benzene rings is 2. The second kappa shape index (κ2) is 7.16. The van der Waals surface area contributed by atoms with Crippen LogP contribution in [0, 0.1) is 0 Å². The van der Waals surface area contributed by atoms with Gasteiger partial charge >= 0.3 is 0 Å². The summed E-state index contributed by atoms with van der Waals surface area (Å²) in [5, 5.41) is 0. The first-order valence-electron chi connectivity index (χ1n) is 9.27. The number of amides is 1. The predicted octanol–water partition coefficient (Wildman–Crippen LogP) is 3.92. The Morgan fingerprint density at radius 1 is 1.04 bits per heavy atom. The number of carbonyl (C=O) groups excluding carboxylic acids is 1. The number of fused-ring (bicyclic) bond motifs is 2. The third kappa shape index (κ3) is 3.29. The van der Waals surface area contributed by atoms with Crippen LogP contribution in [0.5, 0.6) is 5.88 Å². The van der Waals surface area contributed by atoms with Crippen molar-refractivity contribution in [2.24, 2.45) is 0 Å². The molecule has 0 saturated carbocycles. The summed E-state index contributed by atoms with van der Waals surface area (Å²) in [5.41, 5.74) is 5.14. The van der Waals surface area contributed by atoms with Gasteiger partial charge in [0, 0.05) is 31.5 Å². The first-order chi connectivity index (χ1) is 13.8. The minimum Gasteiger partial charge on any atom is -0.473 e. The molecule has 0 atom stereocenters. The van der Waals surface area contributed by atoms with E-state index in [-0.39, 0.29) is 12.0 Å². The maximum Gasteiger partial charge on any atom is 0.253 e. The van der Waals surface area contributed by atoms with Crippen molar-refractivity contribution in [2.75, 3.05) is 13.1 Å². The number of hydrogen-bond acceptors (Lipinski definition) is 6. The van der Waals surface area contributed by atoms with Gasteiger partial charge < -0.3 is 9.64 Å². The number of carbonyl (C=O) groups is 1. The molecule has 0 bridgehead atoms. The highest BCUT2D eigenvalue weighted by Crippen LogP contribution is 2.23. The summed E-state index contributed by atoms with van der Waals surface area (Å²) in [6, 6.07) is 13.4. The highest BCUT2D eigenvalue weighted by molar-refractivity contribution is 7.16. The zero-order chi connectivity index (χ0) is 18.9. The van der Waals surface area contributed by atoms with Crippen molar-refractivity contribution >= 4 is 38.5 Å². The van der Waals surface area contributed by atoms with E-state index in [1.807, 2.05) is 47.4 Å². The van der Waals surface area contributed by atoms with Crippen LogP contribution in [0.1, 0.15) is 23.2 Å². The fourth-order valence-electron chi connectivity index (χ4n) is 3.52. The lowest BCUT2D eigenvalue weighted by molar-refractivity contribution is 0.0588. The van der Waals surface area contributed by atoms with Crippen LogP contribution in [-0.4, -0.2) is 45.0 Å². The van der Waals surface area contributed by atoms with Gasteiger partial charge in [-0.05, 0) is 30.3 Å². The number of para-hydroxylation sites is 2. The third-order valence-corrected chi connectivity index (χ3v) is 5.81. The number of thiazole rings is 1. The number of rotatable bonds is 3. The van der Waals surface area contributed by atoms with E-state index in [0.717, 1.165) is 39.7 Å². The van der Waals surface area contributed by atoms with Gasteiger partial charge in [-0.2, -0.15) is 0 Å². The highest BCUT2D eigenvalue weighted by Gasteiger charge is 2.25. The summed E-state index contributed by atoms with van der Waals surface area (Å²) in [5.74, 6) is 0.610. The van der Waals surface area contributed by atoms with E-state index < -0.39 is 0 Å². The van der Waals surface area contributed by atoms with Crippen molar-refractivity contribution in [1.82, 2.24) is 19.9 Å². The number of likely N-dealkylation sites (tertiary alicyclic amines) is 1. The van der Waals surface area contributed by atoms with Crippen molar-refractivity contribution in [3.8, 4) is 5.88 Å². The minimum absolute atomic E-state index is 0.0449. The molecule has 28 heavy (non-hydrogen) atoms. The van der Waals surface area contributed by atoms with Crippen molar-refractivity contribution in [1.29, 1.82) is 0 Å². The lowest BCUT2D eigenvalue weighted by Crippen LogP contribution is -2.41. The Hall–Kier alpha value is -3.06. The van der Waals surface area contributed by atoms with Crippen LogP contribution in [0.15, 0.2) is 54.2 Å². The van der Waals surface area contributed by atoms with Crippen LogP contribution in [-0.2, 0) is 0 Å². The van der Waals surface area contributed by atoms with Crippen LogP contribution in [0.25, 0.3) is 21.3 Å². The zero-order valence-electron chi connectivity index (χ0n) is 15.1. The van der Waals surface area contributed by atoms with E-state index >= 15 is 0 Å². The number of aromatic nitrogens is 3. The summed E-state index contributed by atoms with van der Waals surface area (Å²) < 4.78 is 7.07. The molecular weight excluding hydrogens is 372 g/mol. The number of ether oxygens (including phenoxy) is 1. The van der Waals surface area contributed by atoms with Crippen molar-refractivity contribution < 1.29 is 9.53 Å². The molecule has 0 aliphatic carbocycles. The van der Waals surface area contributed by atoms with Gasteiger partial charge in [-0.25, -0.2) is 15.0 Å². The molecule has 6 nitrogen and oxygen atoms in total. The number of nitrogens with zero attached hydrogens (tertiary/aromatic N) is 4. The molecule has 7 heteroatoms. The molecule has 4 aromatic rings. The molecule has 3 heterocycles. The summed E-state index contributed by atoms with van der Waals surface area (Å²) in [4.78, 5) is 27.9. The molecule has 0 radical (unpaired) electrons. The van der Waals surface area contributed by atoms with E-state index in [2.05, 4.69) is 15.0 Å². The largest absolute Gasteiger partial charge is 0.473 e. The van der Waals surface area contributed by atoms with Crippen molar-refractivity contribution in [2.45, 2.75) is 18.9 Å². The number of piperidine rings is 1. The lowest BCUT2D eigenvalue weighted by atomic mass is 10.1. The van der Waals surface area contributed by atoms with Crippen LogP contribution >= 0.6 is 11.3 Å². The Kier molecular flexibility index (Phi) is 4.37. The van der Waals surface area contributed by atoms with E-state index in [9.17, 15) is 4.79 Å². The SMILES string of the molecule is O=C(c1ccc2ncsc2c1)N1CCC(Oc2cnc3ccccc3n2)CC1. The molecule has 1 aliphatic rings. The second-order valence-electron chi connectivity index (χ2n) is 6.84. The fourth-order valence-corrected chi connectivity index (χ4v) is 4.23. The normalized spacial score (nSPS) is 15.2. The molecule has 1 aliphatic heterocycles. The highest BCUT2D eigenvalue weighted by atomic mass is 32.1. The average Bonchev–Trinajstić information content (AvgIpc) is 3.21. The molecule has 0 spiro atoms. The Morgan fingerprint density at radius 2 is 1.86 bits per heavy atom. The molecule has 0 unspecified atom stereocenters. The first kappa shape index (κ1) is 17.1. The monoisotopic (exact) mass is 390 g/mol. The van der Waals surface area contributed by atoms with Crippen LogP contribution < -0.4 is 4.74 Å². The molecule has 1 fully saturated rings. The minimum atomic E-state index is 0.0449. The maximum atomic E-state index is 12.8. The molecule has 140 valence electrons. The zero-order valence-corrected chi connectivity index (χ0v) is 15.9. The van der Waals surface area contributed by atoms with E-state index in [0.29, 0.717) is 19.0 Å². The molecule has 2 aromatic heterocycles. The molecule has 1 saturated heterocycles. The molecule has 2 aromatic carbocycles. The summed E-state index contributed by atoms with van der Waals surface area (Å²) >= 11 is 1.55. The van der Waals surface area contributed by atoms with Gasteiger partial charge in [0.05, 0.1) is 33.0 Å². The standard InChI is InChI=1S/C21H18N4O2S/c26-21(14-5-6-18-19(11-14)28-13-23-18)25-9-7-15(8-10-25)27-20-12-22-16-3-1-2-4-17(16)24-20/h1-6,11-13,15H,7-10H2. The van der Waals surface area contributed by atoms with Gasteiger partial charge in [0.2, 0.25) is 5.88 Å². The number of hydrogen-bond donors (Lipinski definition) is 0. The fraction of sp³-hybridized carbons (Fsp3) is 0.238. The van der Waals surface area contributed by atoms with Crippen molar-refractivity contribution in [3.63, 3.8) is 0 Å². The van der Waals surface area contributed by atoms with Gasteiger partial charge in [0.15, 0.2) is 0 Å². The maximum absolute atomic E-state index is 12.8. The molecule has 1 amide bonds. The van der Waals surface area contributed by atoms with Crippen LogP contribution in [0.3, 0.4) is 0 Å². The van der Waals surface area contributed by atoms with Crippen LogP contribution in [0.4, 0.5) is 0 Å². The molecular formula is C21H18N4O2S. The van der Waals surface area contributed by atoms with Gasteiger partial charge in [0.25, 0.3) is 5.91 Å². The lowest BCUT2D eigenvalue weighted by Gasteiger charge is -2.32. The smallest absolute Gasteiger partial charge is 0.253 e. The summed E-state index contributed by atoms with van der Waals surface area (Å²) in [6.07, 6.45) is 3.28. The summed E-state index contributed by atoms with van der Waals surface area (Å²) in [6.45, 7) is 1.34. The predicted molar refractivity (Wildman–Crippen MR) is 109 cm³/mol. The topological polar surface area (TPSA) is 68.2 Å². The van der Waals surface area contributed by atoms with E-state index in [4.69, 9.17) is 4.74 Å². The van der Waals surface area contributed by atoms with Gasteiger partial charge in [-0.1, -0.05) is 12.1 Å². The van der Waals surface area contributed by atoms with Gasteiger partial charge in [-0.15, -0.1) is 11.3 Å². The van der Waals surface area contributed by atoms with Gasteiger partial charge in [-0.3, -0.25) is 4.79 Å². The Labute approximate surface area is 165 Å². The molecule has 5 rings (SSSR count). The quantitative estimate of drug-likeness (QED) is 0.530. The Bertz CT molecular complexity index is 1150. The van der Waals surface area contributed by atoms with E-state index in [1.165, 1.54) is 0 Å². The van der Waals surface area contributed by atoms with Crippen molar-refractivity contribution in [3.05, 3.63) is 59.7 Å².